The zero-order valence-electron chi connectivity index (χ0n) is 9.88. The number of hydrogen-bond acceptors (Lipinski definition) is 3. The number of rotatable bonds is 6. The van der Waals surface area contributed by atoms with Gasteiger partial charge in [0.15, 0.2) is 0 Å². The lowest BCUT2D eigenvalue weighted by molar-refractivity contribution is 0.0703. The number of hydrogen-bond donors (Lipinski definition) is 1. The molecule has 1 saturated carbocycles. The van der Waals surface area contributed by atoms with Gasteiger partial charge in [0, 0.05) is 6.61 Å². The molecule has 1 fully saturated rings. The molecule has 0 saturated heterocycles. The van der Waals surface area contributed by atoms with E-state index in [4.69, 9.17) is 10.00 Å². The minimum absolute atomic E-state index is 0.494. The second kappa shape index (κ2) is 6.09. The summed E-state index contributed by atoms with van der Waals surface area (Å²) in [5.74, 6) is 0.731. The molecule has 3 heteroatoms. The minimum Gasteiger partial charge on any atom is -0.378 e. The third kappa shape index (κ3) is 4.19. The van der Waals surface area contributed by atoms with Crippen LogP contribution in [0.3, 0.4) is 0 Å². The van der Waals surface area contributed by atoms with Crippen LogP contribution in [0.2, 0.25) is 0 Å². The molecule has 1 unspecified atom stereocenters. The molecule has 1 rings (SSSR count). The Hall–Kier alpha value is -0.590. The third-order valence-electron chi connectivity index (χ3n) is 3.03. The molecule has 1 N–H and O–H groups in total. The molecule has 1 atom stereocenters. The fourth-order valence-corrected chi connectivity index (χ4v) is 2.12. The Morgan fingerprint density at radius 3 is 2.67 bits per heavy atom. The fraction of sp³-hybridized carbons (Fsp3) is 0.917. The van der Waals surface area contributed by atoms with Gasteiger partial charge in [-0.15, -0.1) is 0 Å². The standard InChI is InChI=1S/C12H22N2O/c1-3-14-12(2,9-13)10-15-8-11-6-4-5-7-11/h11,14H,3-8,10H2,1-2H3. The van der Waals surface area contributed by atoms with Gasteiger partial charge in [-0.05, 0) is 32.2 Å². The molecule has 1 aliphatic carbocycles. The topological polar surface area (TPSA) is 45.0 Å². The van der Waals surface area contributed by atoms with Crippen molar-refractivity contribution in [3.8, 4) is 6.07 Å². The summed E-state index contributed by atoms with van der Waals surface area (Å²) in [6.45, 7) is 6.02. The molecule has 0 bridgehead atoms. The van der Waals surface area contributed by atoms with Crippen LogP contribution in [0.25, 0.3) is 0 Å². The summed E-state index contributed by atoms with van der Waals surface area (Å²) in [6.07, 6.45) is 5.28. The van der Waals surface area contributed by atoms with Gasteiger partial charge in [-0.25, -0.2) is 0 Å². The second-order valence-corrected chi connectivity index (χ2v) is 4.64. The predicted molar refractivity (Wildman–Crippen MR) is 60.5 cm³/mol. The summed E-state index contributed by atoms with van der Waals surface area (Å²) in [5, 5.41) is 12.2. The predicted octanol–water partition coefficient (Wildman–Crippen LogP) is 2.08. The lowest BCUT2D eigenvalue weighted by Crippen LogP contribution is -2.45. The molecule has 0 amide bonds. The van der Waals surface area contributed by atoms with Crippen LogP contribution in [-0.2, 0) is 4.74 Å². The van der Waals surface area contributed by atoms with Gasteiger partial charge in [0.25, 0.3) is 0 Å². The van der Waals surface area contributed by atoms with E-state index in [9.17, 15) is 0 Å². The smallest absolute Gasteiger partial charge is 0.127 e. The van der Waals surface area contributed by atoms with E-state index in [-0.39, 0.29) is 0 Å². The summed E-state index contributed by atoms with van der Waals surface area (Å²) < 4.78 is 5.64. The van der Waals surface area contributed by atoms with Crippen molar-refractivity contribution < 1.29 is 4.74 Å². The Morgan fingerprint density at radius 2 is 2.13 bits per heavy atom. The van der Waals surface area contributed by atoms with E-state index in [2.05, 4.69) is 11.4 Å². The van der Waals surface area contributed by atoms with Crippen LogP contribution in [0.5, 0.6) is 0 Å². The molecule has 0 aromatic rings. The third-order valence-corrected chi connectivity index (χ3v) is 3.03. The summed E-state index contributed by atoms with van der Waals surface area (Å²) in [4.78, 5) is 0. The molecule has 1 aliphatic rings. The Labute approximate surface area is 92.8 Å². The van der Waals surface area contributed by atoms with E-state index in [1.165, 1.54) is 25.7 Å². The van der Waals surface area contributed by atoms with Crippen molar-refractivity contribution in [2.45, 2.75) is 45.1 Å². The molecule has 0 radical (unpaired) electrons. The van der Waals surface area contributed by atoms with Gasteiger partial charge in [0.2, 0.25) is 0 Å². The fourth-order valence-electron chi connectivity index (χ4n) is 2.12. The van der Waals surface area contributed by atoms with Gasteiger partial charge in [0.1, 0.15) is 5.54 Å². The number of nitrogens with zero attached hydrogens (tertiary/aromatic N) is 1. The lowest BCUT2D eigenvalue weighted by atomic mass is 10.1. The summed E-state index contributed by atoms with van der Waals surface area (Å²) in [5.41, 5.74) is -0.520. The van der Waals surface area contributed by atoms with Crippen molar-refractivity contribution in [2.75, 3.05) is 19.8 Å². The van der Waals surface area contributed by atoms with Crippen molar-refractivity contribution in [3.63, 3.8) is 0 Å². The van der Waals surface area contributed by atoms with Crippen molar-refractivity contribution in [1.82, 2.24) is 5.32 Å². The highest BCUT2D eigenvalue weighted by atomic mass is 16.5. The molecule has 0 aromatic heterocycles. The highest BCUT2D eigenvalue weighted by Gasteiger charge is 2.23. The molecule has 0 heterocycles. The summed E-state index contributed by atoms with van der Waals surface area (Å²) in [6, 6.07) is 2.27. The van der Waals surface area contributed by atoms with Crippen LogP contribution in [0.1, 0.15) is 39.5 Å². The van der Waals surface area contributed by atoms with Gasteiger partial charge in [-0.2, -0.15) is 5.26 Å². The second-order valence-electron chi connectivity index (χ2n) is 4.64. The number of likely N-dealkylation sites (N-methyl/N-ethyl adjacent to an activating group) is 1. The van der Waals surface area contributed by atoms with E-state index in [1.807, 2.05) is 13.8 Å². The maximum absolute atomic E-state index is 9.02. The van der Waals surface area contributed by atoms with E-state index in [1.54, 1.807) is 0 Å². The minimum atomic E-state index is -0.520. The van der Waals surface area contributed by atoms with Crippen LogP contribution in [0, 0.1) is 17.2 Å². The molecule has 0 aromatic carbocycles. The van der Waals surface area contributed by atoms with Crippen LogP contribution in [0.4, 0.5) is 0 Å². The number of nitrogens with one attached hydrogen (secondary N) is 1. The van der Waals surface area contributed by atoms with Gasteiger partial charge in [0.05, 0.1) is 12.7 Å². The van der Waals surface area contributed by atoms with Crippen molar-refractivity contribution in [1.29, 1.82) is 5.26 Å². The molecule has 3 nitrogen and oxygen atoms in total. The first-order chi connectivity index (χ1) is 7.20. The first-order valence-electron chi connectivity index (χ1n) is 5.94. The van der Waals surface area contributed by atoms with Crippen LogP contribution in [-0.4, -0.2) is 25.3 Å². The zero-order chi connectivity index (χ0) is 11.1. The Bertz CT molecular complexity index is 218. The van der Waals surface area contributed by atoms with Crippen LogP contribution >= 0.6 is 0 Å². The quantitative estimate of drug-likeness (QED) is 0.730. The summed E-state index contributed by atoms with van der Waals surface area (Å²) >= 11 is 0. The first-order valence-corrected chi connectivity index (χ1v) is 5.94. The first kappa shape index (κ1) is 12.5. The normalized spacial score (nSPS) is 21.1. The Kier molecular flexibility index (Phi) is 5.07. The highest BCUT2D eigenvalue weighted by molar-refractivity contribution is 5.03. The molecular formula is C12H22N2O. The highest BCUT2D eigenvalue weighted by Crippen LogP contribution is 2.24. The van der Waals surface area contributed by atoms with Gasteiger partial charge >= 0.3 is 0 Å². The van der Waals surface area contributed by atoms with E-state index in [0.717, 1.165) is 19.1 Å². The maximum Gasteiger partial charge on any atom is 0.127 e. The van der Waals surface area contributed by atoms with Crippen molar-refractivity contribution in [2.24, 2.45) is 5.92 Å². The van der Waals surface area contributed by atoms with Gasteiger partial charge < -0.3 is 4.74 Å². The lowest BCUT2D eigenvalue weighted by Gasteiger charge is -2.23. The molecule has 0 spiro atoms. The average molecular weight is 210 g/mol. The van der Waals surface area contributed by atoms with E-state index >= 15 is 0 Å². The van der Waals surface area contributed by atoms with Crippen molar-refractivity contribution in [3.05, 3.63) is 0 Å². The monoisotopic (exact) mass is 210 g/mol. The zero-order valence-corrected chi connectivity index (χ0v) is 9.88. The molecule has 0 aliphatic heterocycles. The van der Waals surface area contributed by atoms with Crippen LogP contribution < -0.4 is 5.32 Å². The number of ether oxygens (including phenoxy) is 1. The van der Waals surface area contributed by atoms with E-state index < -0.39 is 5.54 Å². The van der Waals surface area contributed by atoms with E-state index in [0.29, 0.717) is 6.61 Å². The SMILES string of the molecule is CCNC(C)(C#N)COCC1CCCC1. The molecule has 86 valence electrons. The Morgan fingerprint density at radius 1 is 1.47 bits per heavy atom. The average Bonchev–Trinajstić information content (AvgIpc) is 2.71. The van der Waals surface area contributed by atoms with Crippen LogP contribution in [0.15, 0.2) is 0 Å². The molecular weight excluding hydrogens is 188 g/mol. The summed E-state index contributed by atoms with van der Waals surface area (Å²) in [7, 11) is 0. The maximum atomic E-state index is 9.02. The Balaban J connectivity index is 2.19. The van der Waals surface area contributed by atoms with Gasteiger partial charge in [-0.3, -0.25) is 5.32 Å². The number of nitriles is 1. The molecule has 15 heavy (non-hydrogen) atoms. The largest absolute Gasteiger partial charge is 0.378 e. The van der Waals surface area contributed by atoms with Gasteiger partial charge in [-0.1, -0.05) is 19.8 Å². The van der Waals surface area contributed by atoms with Crippen molar-refractivity contribution >= 4 is 0 Å².